The van der Waals surface area contributed by atoms with E-state index in [0.717, 1.165) is 22.9 Å². The highest BCUT2D eigenvalue weighted by Crippen LogP contribution is 2.52. The summed E-state index contributed by atoms with van der Waals surface area (Å²) in [6, 6.07) is 34.2. The van der Waals surface area contributed by atoms with Gasteiger partial charge in [-0.05, 0) is 70.5 Å². The van der Waals surface area contributed by atoms with Crippen LogP contribution in [0, 0.1) is 0 Å². The maximum Gasteiger partial charge on any atom is 0.0406 e. The molecule has 0 aliphatic heterocycles. The van der Waals surface area contributed by atoms with E-state index in [2.05, 4.69) is 72.8 Å². The zero-order chi connectivity index (χ0) is 19.8. The molecular formula is C27H20Cl2. The highest BCUT2D eigenvalue weighted by atomic mass is 35.5. The molecule has 1 aliphatic rings. The minimum Gasteiger partial charge on any atom is -0.0843 e. The van der Waals surface area contributed by atoms with Crippen LogP contribution >= 0.6 is 23.2 Å². The molecule has 0 fully saturated rings. The lowest BCUT2D eigenvalue weighted by Crippen LogP contribution is -2.31. The van der Waals surface area contributed by atoms with Crippen LogP contribution in [-0.2, 0) is 18.3 Å². The summed E-state index contributed by atoms with van der Waals surface area (Å²) in [5.41, 5.74) is 7.91. The second-order valence-electron chi connectivity index (χ2n) is 7.78. The Hall–Kier alpha value is -2.54. The van der Waals surface area contributed by atoms with Crippen LogP contribution in [0.25, 0.3) is 11.1 Å². The maximum absolute atomic E-state index is 6.16. The van der Waals surface area contributed by atoms with E-state index >= 15 is 0 Å². The molecule has 0 amide bonds. The van der Waals surface area contributed by atoms with E-state index in [-0.39, 0.29) is 5.41 Å². The lowest BCUT2D eigenvalue weighted by atomic mass is 9.69. The predicted octanol–water partition coefficient (Wildman–Crippen LogP) is 7.75. The average Bonchev–Trinajstić information content (AvgIpc) is 3.02. The molecule has 0 saturated heterocycles. The second-order valence-corrected chi connectivity index (χ2v) is 8.65. The van der Waals surface area contributed by atoms with Crippen LogP contribution in [0.4, 0.5) is 0 Å². The molecule has 0 spiro atoms. The van der Waals surface area contributed by atoms with E-state index in [1.54, 1.807) is 0 Å². The van der Waals surface area contributed by atoms with Gasteiger partial charge in [0.05, 0.1) is 0 Å². The topological polar surface area (TPSA) is 0 Å². The van der Waals surface area contributed by atoms with Gasteiger partial charge in [0.1, 0.15) is 0 Å². The normalized spacial score (nSPS) is 13.7. The second kappa shape index (κ2) is 7.37. The van der Waals surface area contributed by atoms with Crippen LogP contribution in [-0.4, -0.2) is 0 Å². The summed E-state index contributed by atoms with van der Waals surface area (Å²) in [6.07, 6.45) is 1.83. The first-order chi connectivity index (χ1) is 14.2. The minimum absolute atomic E-state index is 0.130. The molecule has 0 N–H and O–H groups in total. The number of halogens is 2. The Balaban J connectivity index is 1.71. The van der Waals surface area contributed by atoms with Gasteiger partial charge in [0.25, 0.3) is 0 Å². The van der Waals surface area contributed by atoms with Gasteiger partial charge in [0.15, 0.2) is 0 Å². The molecule has 0 bridgehead atoms. The Bertz CT molecular complexity index is 1060. The Kier molecular flexibility index (Phi) is 4.70. The van der Waals surface area contributed by atoms with Crippen molar-refractivity contribution in [3.63, 3.8) is 0 Å². The number of fused-ring (bicyclic) bond motifs is 3. The van der Waals surface area contributed by atoms with Crippen LogP contribution in [0.2, 0.25) is 10.0 Å². The average molecular weight is 415 g/mol. The van der Waals surface area contributed by atoms with Crippen molar-refractivity contribution >= 4 is 23.2 Å². The third-order valence-corrected chi connectivity index (χ3v) is 6.52. The molecule has 0 radical (unpaired) electrons. The number of benzene rings is 4. The van der Waals surface area contributed by atoms with Crippen LogP contribution in [0.1, 0.15) is 22.3 Å². The van der Waals surface area contributed by atoms with Gasteiger partial charge in [-0.3, -0.25) is 0 Å². The fraction of sp³-hybridized carbons (Fsp3) is 0.111. The molecule has 0 nitrogen and oxygen atoms in total. The Labute approximate surface area is 181 Å². The number of rotatable bonds is 4. The van der Waals surface area contributed by atoms with Crippen LogP contribution in [0.5, 0.6) is 0 Å². The van der Waals surface area contributed by atoms with E-state index < -0.39 is 0 Å². The molecule has 0 heterocycles. The van der Waals surface area contributed by atoms with Crippen molar-refractivity contribution in [2.45, 2.75) is 18.3 Å². The van der Waals surface area contributed by atoms with Crippen molar-refractivity contribution in [2.75, 3.05) is 0 Å². The number of hydrogen-bond donors (Lipinski definition) is 0. The summed E-state index contributed by atoms with van der Waals surface area (Å²) < 4.78 is 0. The van der Waals surface area contributed by atoms with Crippen molar-refractivity contribution in [3.05, 3.63) is 129 Å². The Morgan fingerprint density at radius 3 is 1.28 bits per heavy atom. The number of hydrogen-bond acceptors (Lipinski definition) is 0. The zero-order valence-electron chi connectivity index (χ0n) is 15.9. The van der Waals surface area contributed by atoms with E-state index in [4.69, 9.17) is 23.2 Å². The molecule has 5 rings (SSSR count). The smallest absolute Gasteiger partial charge is 0.0406 e. The predicted molar refractivity (Wildman–Crippen MR) is 123 cm³/mol. The standard InChI is InChI=1S/C27H20Cl2/c28-21-13-9-19(10-14-21)17-27(18-20-11-15-22(29)16-12-20)25-7-3-1-5-23(25)24-6-2-4-8-26(24)27/h1-16H,17-18H2. The third-order valence-electron chi connectivity index (χ3n) is 6.01. The highest BCUT2D eigenvalue weighted by molar-refractivity contribution is 6.30. The van der Waals surface area contributed by atoms with Gasteiger partial charge in [-0.25, -0.2) is 0 Å². The van der Waals surface area contributed by atoms with Gasteiger partial charge in [-0.2, -0.15) is 0 Å². The summed E-state index contributed by atoms with van der Waals surface area (Å²) in [6.45, 7) is 0. The molecule has 0 aromatic heterocycles. The molecule has 0 atom stereocenters. The van der Waals surface area contributed by atoms with Crippen LogP contribution < -0.4 is 0 Å². The Morgan fingerprint density at radius 2 is 0.862 bits per heavy atom. The monoisotopic (exact) mass is 414 g/mol. The van der Waals surface area contributed by atoms with Crippen molar-refractivity contribution in [3.8, 4) is 11.1 Å². The van der Waals surface area contributed by atoms with E-state index in [9.17, 15) is 0 Å². The SMILES string of the molecule is Clc1ccc(CC2(Cc3ccc(Cl)cc3)c3ccccc3-c3ccccc32)cc1. The summed E-state index contributed by atoms with van der Waals surface area (Å²) >= 11 is 12.3. The first-order valence-corrected chi connectivity index (χ1v) is 10.6. The third kappa shape index (κ3) is 3.27. The minimum atomic E-state index is -0.130. The van der Waals surface area contributed by atoms with Gasteiger partial charge in [0, 0.05) is 15.5 Å². The van der Waals surface area contributed by atoms with Crippen molar-refractivity contribution < 1.29 is 0 Å². The molecular weight excluding hydrogens is 395 g/mol. The van der Waals surface area contributed by atoms with Crippen molar-refractivity contribution in [1.82, 2.24) is 0 Å². The van der Waals surface area contributed by atoms with Crippen LogP contribution in [0.3, 0.4) is 0 Å². The highest BCUT2D eigenvalue weighted by Gasteiger charge is 2.42. The van der Waals surface area contributed by atoms with E-state index in [1.165, 1.54) is 33.4 Å². The first kappa shape index (κ1) is 18.5. The van der Waals surface area contributed by atoms with Gasteiger partial charge in [-0.15, -0.1) is 0 Å². The molecule has 1 aliphatic carbocycles. The zero-order valence-corrected chi connectivity index (χ0v) is 17.4. The van der Waals surface area contributed by atoms with Crippen LogP contribution in [0.15, 0.2) is 97.1 Å². The van der Waals surface area contributed by atoms with Gasteiger partial charge < -0.3 is 0 Å². The molecule has 4 aromatic carbocycles. The van der Waals surface area contributed by atoms with Crippen molar-refractivity contribution in [2.24, 2.45) is 0 Å². The molecule has 0 saturated carbocycles. The Morgan fingerprint density at radius 1 is 0.483 bits per heavy atom. The summed E-state index contributed by atoms with van der Waals surface area (Å²) in [7, 11) is 0. The first-order valence-electron chi connectivity index (χ1n) is 9.84. The fourth-order valence-electron chi connectivity index (χ4n) is 4.76. The van der Waals surface area contributed by atoms with Gasteiger partial charge in [-0.1, -0.05) is 96.0 Å². The quantitative estimate of drug-likeness (QED) is 0.320. The lowest BCUT2D eigenvalue weighted by Gasteiger charge is -2.33. The summed E-state index contributed by atoms with van der Waals surface area (Å²) in [5, 5.41) is 1.54. The maximum atomic E-state index is 6.16. The largest absolute Gasteiger partial charge is 0.0843 e. The van der Waals surface area contributed by atoms with Gasteiger partial charge >= 0.3 is 0 Å². The summed E-state index contributed by atoms with van der Waals surface area (Å²) in [4.78, 5) is 0. The molecule has 2 heteroatoms. The lowest BCUT2D eigenvalue weighted by molar-refractivity contribution is 0.520. The fourth-order valence-corrected chi connectivity index (χ4v) is 5.01. The molecule has 4 aromatic rings. The van der Waals surface area contributed by atoms with E-state index in [1.807, 2.05) is 24.3 Å². The van der Waals surface area contributed by atoms with Gasteiger partial charge in [0.2, 0.25) is 0 Å². The summed E-state index contributed by atoms with van der Waals surface area (Å²) in [5.74, 6) is 0. The molecule has 29 heavy (non-hydrogen) atoms. The molecule has 142 valence electrons. The van der Waals surface area contributed by atoms with E-state index in [0.29, 0.717) is 0 Å². The molecule has 0 unspecified atom stereocenters. The van der Waals surface area contributed by atoms with Crippen molar-refractivity contribution in [1.29, 1.82) is 0 Å².